The molecule has 1 aromatic carbocycles. The second-order valence-corrected chi connectivity index (χ2v) is 4.36. The summed E-state index contributed by atoms with van der Waals surface area (Å²) >= 11 is 0. The average molecular weight is 235 g/mol. The Morgan fingerprint density at radius 1 is 1.06 bits per heavy atom. The highest BCUT2D eigenvalue weighted by Crippen LogP contribution is 2.07. The van der Waals surface area contributed by atoms with Crippen LogP contribution in [0.1, 0.15) is 10.4 Å². The van der Waals surface area contributed by atoms with Crippen LogP contribution in [0.3, 0.4) is 0 Å². The molecule has 1 aliphatic rings. The predicted molar refractivity (Wildman–Crippen MR) is 63.8 cm³/mol. The van der Waals surface area contributed by atoms with Gasteiger partial charge in [0.15, 0.2) is 0 Å². The van der Waals surface area contributed by atoms with Crippen molar-refractivity contribution in [2.24, 2.45) is 0 Å². The smallest absolute Gasteiger partial charge is 0.357 e. The van der Waals surface area contributed by atoms with Gasteiger partial charge < -0.3 is 4.84 Å². The maximum Gasteiger partial charge on any atom is 0.357 e. The van der Waals surface area contributed by atoms with Gasteiger partial charge in [-0.2, -0.15) is 0 Å². The highest BCUT2D eigenvalue weighted by Gasteiger charge is 2.21. The third-order valence-corrected chi connectivity index (χ3v) is 2.50. The Balaban J connectivity index is 1.95. The summed E-state index contributed by atoms with van der Waals surface area (Å²) in [4.78, 5) is 21.3. The summed E-state index contributed by atoms with van der Waals surface area (Å²) in [5.74, 6) is -0.311. The van der Waals surface area contributed by atoms with Crippen LogP contribution in [0.5, 0.6) is 0 Å². The van der Waals surface area contributed by atoms with Crippen LogP contribution in [-0.2, 0) is 4.84 Å². The first-order chi connectivity index (χ1) is 8.15. The van der Waals surface area contributed by atoms with Gasteiger partial charge in [-0.05, 0) is 26.2 Å². The Kier molecular flexibility index (Phi) is 3.73. The highest BCUT2D eigenvalue weighted by molar-refractivity contribution is 5.89. The largest absolute Gasteiger partial charge is 0.361 e. The third-order valence-electron chi connectivity index (χ3n) is 2.50. The summed E-state index contributed by atoms with van der Waals surface area (Å²) in [7, 11) is 3.97. The number of benzene rings is 1. The molecular formula is C12H17N3O2. The molecule has 0 aromatic heterocycles. The Morgan fingerprint density at radius 3 is 2.24 bits per heavy atom. The minimum absolute atomic E-state index is 0.311. The lowest BCUT2D eigenvalue weighted by Gasteiger charge is -2.37. The van der Waals surface area contributed by atoms with Crippen LogP contribution < -0.4 is 0 Å². The molecule has 1 aromatic rings. The van der Waals surface area contributed by atoms with Crippen molar-refractivity contribution < 1.29 is 9.63 Å². The number of nitrogens with zero attached hydrogens (tertiary/aromatic N) is 3. The number of rotatable bonds is 2. The van der Waals surface area contributed by atoms with Gasteiger partial charge in [-0.1, -0.05) is 18.2 Å². The zero-order chi connectivity index (χ0) is 12.3. The first-order valence-corrected chi connectivity index (χ1v) is 5.54. The SMILES string of the molecule is CN1CN(C)CN(OC(=O)c2ccccc2)C1. The maximum absolute atomic E-state index is 11.8. The van der Waals surface area contributed by atoms with E-state index in [9.17, 15) is 4.79 Å². The molecule has 0 bridgehead atoms. The topological polar surface area (TPSA) is 36.0 Å². The van der Waals surface area contributed by atoms with E-state index < -0.39 is 0 Å². The van der Waals surface area contributed by atoms with Gasteiger partial charge in [0.05, 0.1) is 25.6 Å². The van der Waals surface area contributed by atoms with Crippen molar-refractivity contribution in [2.45, 2.75) is 0 Å². The highest BCUT2D eigenvalue weighted by atomic mass is 16.7. The lowest BCUT2D eigenvalue weighted by Crippen LogP contribution is -2.52. The predicted octanol–water partition coefficient (Wildman–Crippen LogP) is 0.810. The van der Waals surface area contributed by atoms with Crippen LogP contribution in [0, 0.1) is 0 Å². The van der Waals surface area contributed by atoms with E-state index in [1.54, 1.807) is 17.2 Å². The zero-order valence-electron chi connectivity index (χ0n) is 10.2. The van der Waals surface area contributed by atoms with E-state index in [1.165, 1.54) is 0 Å². The zero-order valence-corrected chi connectivity index (χ0v) is 10.2. The molecule has 1 aliphatic heterocycles. The van der Waals surface area contributed by atoms with Crippen molar-refractivity contribution in [1.82, 2.24) is 14.9 Å². The number of hydroxylamine groups is 2. The minimum atomic E-state index is -0.311. The molecule has 1 fully saturated rings. The molecule has 5 nitrogen and oxygen atoms in total. The standard InChI is InChI=1S/C12H17N3O2/c1-13-8-14(2)10-15(9-13)17-12(16)11-6-4-3-5-7-11/h3-7H,8-10H2,1-2H3. The molecule has 2 rings (SSSR count). The molecule has 5 heteroatoms. The van der Waals surface area contributed by atoms with E-state index in [2.05, 4.69) is 9.80 Å². The van der Waals surface area contributed by atoms with Gasteiger partial charge in [0.25, 0.3) is 0 Å². The Bertz CT molecular complexity index is 373. The van der Waals surface area contributed by atoms with Gasteiger partial charge in [0, 0.05) is 0 Å². The van der Waals surface area contributed by atoms with E-state index in [4.69, 9.17) is 4.84 Å². The summed E-state index contributed by atoms with van der Waals surface area (Å²) in [6, 6.07) is 9.02. The van der Waals surface area contributed by atoms with Crippen LogP contribution in [0.4, 0.5) is 0 Å². The Hall–Kier alpha value is -1.43. The van der Waals surface area contributed by atoms with Crippen molar-refractivity contribution in [3.8, 4) is 0 Å². The molecule has 0 radical (unpaired) electrons. The van der Waals surface area contributed by atoms with Gasteiger partial charge in [-0.25, -0.2) is 4.79 Å². The monoisotopic (exact) mass is 235 g/mol. The second kappa shape index (κ2) is 5.27. The first kappa shape index (κ1) is 12.0. The fraction of sp³-hybridized carbons (Fsp3) is 0.417. The molecule has 0 N–H and O–H groups in total. The number of hydrogen-bond acceptors (Lipinski definition) is 5. The lowest BCUT2D eigenvalue weighted by atomic mass is 10.2. The molecular weight excluding hydrogens is 218 g/mol. The van der Waals surface area contributed by atoms with Crippen molar-refractivity contribution in [3.63, 3.8) is 0 Å². The van der Waals surface area contributed by atoms with Crippen molar-refractivity contribution in [2.75, 3.05) is 34.1 Å². The minimum Gasteiger partial charge on any atom is -0.361 e. The van der Waals surface area contributed by atoms with Gasteiger partial charge in [0.1, 0.15) is 0 Å². The summed E-state index contributed by atoms with van der Waals surface area (Å²) in [5.41, 5.74) is 0.573. The molecule has 0 aliphatic carbocycles. The molecule has 0 amide bonds. The second-order valence-electron chi connectivity index (χ2n) is 4.36. The lowest BCUT2D eigenvalue weighted by molar-refractivity contribution is -0.187. The van der Waals surface area contributed by atoms with Crippen LogP contribution in [-0.4, -0.2) is 54.9 Å². The van der Waals surface area contributed by atoms with Gasteiger partial charge >= 0.3 is 5.97 Å². The quantitative estimate of drug-likeness (QED) is 0.758. The van der Waals surface area contributed by atoms with E-state index in [1.807, 2.05) is 32.3 Å². The van der Waals surface area contributed by atoms with Gasteiger partial charge in [-0.15, -0.1) is 5.06 Å². The van der Waals surface area contributed by atoms with Crippen LogP contribution >= 0.6 is 0 Å². The summed E-state index contributed by atoms with van der Waals surface area (Å²) in [6.07, 6.45) is 0. The summed E-state index contributed by atoms with van der Waals surface area (Å²) < 4.78 is 0. The Labute approximate surface area is 101 Å². The van der Waals surface area contributed by atoms with E-state index in [0.29, 0.717) is 18.9 Å². The summed E-state index contributed by atoms with van der Waals surface area (Å²) in [5, 5.41) is 1.65. The van der Waals surface area contributed by atoms with Gasteiger partial charge in [0.2, 0.25) is 0 Å². The molecule has 0 atom stereocenters. The van der Waals surface area contributed by atoms with E-state index in [0.717, 1.165) is 6.67 Å². The van der Waals surface area contributed by atoms with Crippen LogP contribution in [0.25, 0.3) is 0 Å². The molecule has 92 valence electrons. The first-order valence-electron chi connectivity index (χ1n) is 5.54. The van der Waals surface area contributed by atoms with Crippen molar-refractivity contribution in [1.29, 1.82) is 0 Å². The van der Waals surface area contributed by atoms with Crippen molar-refractivity contribution >= 4 is 5.97 Å². The van der Waals surface area contributed by atoms with Crippen LogP contribution in [0.2, 0.25) is 0 Å². The molecule has 0 spiro atoms. The summed E-state index contributed by atoms with van der Waals surface area (Å²) in [6.45, 7) is 2.13. The number of carbonyl (C=O) groups is 1. The molecule has 1 heterocycles. The third kappa shape index (κ3) is 3.26. The molecule has 0 unspecified atom stereocenters. The van der Waals surface area contributed by atoms with Crippen LogP contribution in [0.15, 0.2) is 30.3 Å². The normalized spacial score (nSPS) is 19.2. The van der Waals surface area contributed by atoms with Gasteiger partial charge in [-0.3, -0.25) is 9.80 Å². The van der Waals surface area contributed by atoms with E-state index >= 15 is 0 Å². The number of carbonyl (C=O) groups excluding carboxylic acids is 1. The average Bonchev–Trinajstić information content (AvgIpc) is 2.28. The molecule has 17 heavy (non-hydrogen) atoms. The fourth-order valence-electron chi connectivity index (χ4n) is 1.89. The molecule has 0 saturated carbocycles. The molecule has 1 saturated heterocycles. The van der Waals surface area contributed by atoms with Crippen molar-refractivity contribution in [3.05, 3.63) is 35.9 Å². The Morgan fingerprint density at radius 2 is 1.65 bits per heavy atom. The number of hydrogen-bond donors (Lipinski definition) is 0. The maximum atomic E-state index is 11.8. The fourth-order valence-corrected chi connectivity index (χ4v) is 1.89. The van der Waals surface area contributed by atoms with E-state index in [-0.39, 0.29) is 5.97 Å².